The summed E-state index contributed by atoms with van der Waals surface area (Å²) in [7, 11) is 1.68. The highest BCUT2D eigenvalue weighted by Crippen LogP contribution is 2.36. The fourth-order valence-corrected chi connectivity index (χ4v) is 4.66. The van der Waals surface area contributed by atoms with E-state index >= 15 is 0 Å². The molecule has 0 N–H and O–H groups in total. The maximum absolute atomic E-state index is 9.28. The van der Waals surface area contributed by atoms with Crippen LogP contribution in [-0.4, -0.2) is 16.5 Å². The lowest BCUT2D eigenvalue weighted by atomic mass is 10.1. The number of hydrogen-bond acceptors (Lipinski definition) is 4. The average Bonchev–Trinajstić information content (AvgIpc) is 3.19. The predicted octanol–water partition coefficient (Wildman–Crippen LogP) is 3.93. The Labute approximate surface area is 139 Å². The van der Waals surface area contributed by atoms with Crippen molar-refractivity contribution in [2.45, 2.75) is 32.6 Å². The quantitative estimate of drug-likeness (QED) is 0.733. The number of fused-ring (bicyclic) bond motifs is 3. The zero-order valence-corrected chi connectivity index (χ0v) is 14.0. The van der Waals surface area contributed by atoms with Crippen LogP contribution < -0.4 is 4.74 Å². The Bertz CT molecular complexity index is 945. The van der Waals surface area contributed by atoms with Crippen molar-refractivity contribution >= 4 is 16.3 Å². The Morgan fingerprint density at radius 1 is 1.39 bits per heavy atom. The highest BCUT2D eigenvalue weighted by molar-refractivity contribution is 7.17. The smallest absolute Gasteiger partial charge is 0.194 e. The number of rotatable bonds is 3. The van der Waals surface area contributed by atoms with Gasteiger partial charge in [-0.3, -0.25) is 4.40 Å². The molecule has 0 bridgehead atoms. The van der Waals surface area contributed by atoms with E-state index < -0.39 is 0 Å². The molecule has 0 radical (unpaired) electrons. The number of aryl methyl sites for hydroxylation is 3. The molecule has 5 heteroatoms. The van der Waals surface area contributed by atoms with Gasteiger partial charge in [0.25, 0.3) is 0 Å². The fourth-order valence-electron chi connectivity index (χ4n) is 3.43. The largest absolute Gasteiger partial charge is 0.496 e. The van der Waals surface area contributed by atoms with Gasteiger partial charge in [-0.2, -0.15) is 5.26 Å². The van der Waals surface area contributed by atoms with Crippen molar-refractivity contribution in [3.63, 3.8) is 0 Å². The van der Waals surface area contributed by atoms with E-state index in [1.807, 2.05) is 19.1 Å². The van der Waals surface area contributed by atoms with Gasteiger partial charge in [0.1, 0.15) is 5.75 Å². The molecule has 0 aliphatic heterocycles. The molecule has 1 aromatic carbocycles. The Hall–Kier alpha value is -2.32. The minimum absolute atomic E-state index is 0.380. The summed E-state index contributed by atoms with van der Waals surface area (Å²) in [6, 6.07) is 8.40. The molecule has 2 aromatic heterocycles. The first-order chi connectivity index (χ1) is 11.2. The van der Waals surface area contributed by atoms with Crippen LogP contribution in [-0.2, 0) is 19.3 Å². The van der Waals surface area contributed by atoms with Crippen molar-refractivity contribution < 1.29 is 4.74 Å². The van der Waals surface area contributed by atoms with Gasteiger partial charge in [0.2, 0.25) is 0 Å². The minimum Gasteiger partial charge on any atom is -0.496 e. The number of aromatic nitrogens is 2. The van der Waals surface area contributed by atoms with Crippen LogP contribution in [0.15, 0.2) is 18.2 Å². The molecule has 4 nitrogen and oxygen atoms in total. The van der Waals surface area contributed by atoms with Gasteiger partial charge in [-0.15, -0.1) is 11.3 Å². The zero-order valence-electron chi connectivity index (χ0n) is 13.2. The molecule has 1 aliphatic carbocycles. The highest BCUT2D eigenvalue weighted by atomic mass is 32.1. The number of nitriles is 1. The Balaban J connectivity index is 1.93. The summed E-state index contributed by atoms with van der Waals surface area (Å²) in [6.45, 7) is 2.03. The van der Waals surface area contributed by atoms with Crippen LogP contribution in [0.25, 0.3) is 16.2 Å². The van der Waals surface area contributed by atoms with E-state index in [4.69, 9.17) is 9.72 Å². The molecule has 0 saturated heterocycles. The maximum Gasteiger partial charge on any atom is 0.194 e. The molecule has 0 unspecified atom stereocenters. The Morgan fingerprint density at radius 3 is 3.00 bits per heavy atom. The van der Waals surface area contributed by atoms with Crippen LogP contribution in [0.2, 0.25) is 0 Å². The molecule has 2 heterocycles. The van der Waals surface area contributed by atoms with E-state index in [0.717, 1.165) is 46.1 Å². The van der Waals surface area contributed by atoms with Gasteiger partial charge in [-0.25, -0.2) is 4.98 Å². The summed E-state index contributed by atoms with van der Waals surface area (Å²) in [5, 5.41) is 9.28. The first-order valence-corrected chi connectivity index (χ1v) is 8.58. The Kier molecular flexibility index (Phi) is 3.35. The number of nitrogens with zero attached hydrogens (tertiary/aromatic N) is 3. The molecule has 0 fully saturated rings. The second-order valence-corrected chi connectivity index (χ2v) is 6.93. The van der Waals surface area contributed by atoms with Gasteiger partial charge < -0.3 is 4.74 Å². The van der Waals surface area contributed by atoms with Crippen molar-refractivity contribution in [1.29, 1.82) is 5.26 Å². The minimum atomic E-state index is 0.380. The molecule has 1 aliphatic rings. The number of thiazole rings is 1. The molecule has 0 saturated carbocycles. The Morgan fingerprint density at radius 2 is 2.26 bits per heavy atom. The predicted molar refractivity (Wildman–Crippen MR) is 91.1 cm³/mol. The SMILES string of the molecule is COc1ccc(-c2nc3sc4c(n3c2CC#N)CCC4)cc1C. The monoisotopic (exact) mass is 323 g/mol. The van der Waals surface area contributed by atoms with Crippen molar-refractivity contribution in [2.24, 2.45) is 0 Å². The lowest BCUT2D eigenvalue weighted by Gasteiger charge is -2.07. The number of ether oxygens (including phenoxy) is 1. The van der Waals surface area contributed by atoms with Crippen LogP contribution in [0.1, 0.15) is 28.2 Å². The van der Waals surface area contributed by atoms with Gasteiger partial charge in [-0.05, 0) is 49.9 Å². The zero-order chi connectivity index (χ0) is 16.0. The maximum atomic E-state index is 9.28. The molecular formula is C18H17N3OS. The summed E-state index contributed by atoms with van der Waals surface area (Å²) in [4.78, 5) is 7.30. The lowest BCUT2D eigenvalue weighted by Crippen LogP contribution is -1.97. The molecule has 0 atom stereocenters. The number of methoxy groups -OCH3 is 1. The van der Waals surface area contributed by atoms with E-state index in [9.17, 15) is 5.26 Å². The third-order valence-corrected chi connectivity index (χ3v) is 5.62. The third-order valence-electron chi connectivity index (χ3n) is 4.48. The van der Waals surface area contributed by atoms with E-state index in [1.165, 1.54) is 17.0 Å². The third kappa shape index (κ3) is 2.13. The molecule has 4 rings (SSSR count). The first-order valence-electron chi connectivity index (χ1n) is 7.76. The van der Waals surface area contributed by atoms with Gasteiger partial charge in [0.15, 0.2) is 4.96 Å². The van der Waals surface area contributed by atoms with Crippen molar-refractivity contribution in [2.75, 3.05) is 7.11 Å². The van der Waals surface area contributed by atoms with E-state index in [2.05, 4.69) is 16.5 Å². The highest BCUT2D eigenvalue weighted by Gasteiger charge is 2.24. The molecule has 116 valence electrons. The summed E-state index contributed by atoms with van der Waals surface area (Å²) in [5.41, 5.74) is 5.44. The summed E-state index contributed by atoms with van der Waals surface area (Å²) in [6.07, 6.45) is 3.82. The van der Waals surface area contributed by atoms with Crippen molar-refractivity contribution in [3.8, 4) is 23.1 Å². The van der Waals surface area contributed by atoms with Gasteiger partial charge >= 0.3 is 0 Å². The van der Waals surface area contributed by atoms with Crippen LogP contribution in [0.5, 0.6) is 5.75 Å². The van der Waals surface area contributed by atoms with Crippen LogP contribution in [0.4, 0.5) is 0 Å². The summed E-state index contributed by atoms with van der Waals surface area (Å²) in [5.74, 6) is 0.873. The molecule has 23 heavy (non-hydrogen) atoms. The normalized spacial score (nSPS) is 13.3. The van der Waals surface area contributed by atoms with E-state index in [0.29, 0.717) is 6.42 Å². The second-order valence-electron chi connectivity index (χ2n) is 5.87. The van der Waals surface area contributed by atoms with Gasteiger partial charge in [0.05, 0.1) is 31.0 Å². The summed E-state index contributed by atoms with van der Waals surface area (Å²) >= 11 is 1.77. The van der Waals surface area contributed by atoms with Gasteiger partial charge in [-0.1, -0.05) is 0 Å². The van der Waals surface area contributed by atoms with Crippen molar-refractivity contribution in [1.82, 2.24) is 9.38 Å². The molecular weight excluding hydrogens is 306 g/mol. The number of benzene rings is 1. The van der Waals surface area contributed by atoms with Crippen LogP contribution >= 0.6 is 11.3 Å². The number of hydrogen-bond donors (Lipinski definition) is 0. The second kappa shape index (κ2) is 5.39. The fraction of sp³-hybridized carbons (Fsp3) is 0.333. The topological polar surface area (TPSA) is 50.3 Å². The van der Waals surface area contributed by atoms with Crippen LogP contribution in [0, 0.1) is 18.3 Å². The molecule has 0 amide bonds. The molecule has 0 spiro atoms. The van der Waals surface area contributed by atoms with Gasteiger partial charge in [0, 0.05) is 16.1 Å². The summed E-state index contributed by atoms with van der Waals surface area (Å²) < 4.78 is 7.57. The first kappa shape index (κ1) is 14.3. The standard InChI is InChI=1S/C18H17N3OS/c1-11-10-12(6-7-15(11)22-2)17-14(8-9-19)21-13-4-3-5-16(13)23-18(21)20-17/h6-7,10H,3-5,8H2,1-2H3. The van der Waals surface area contributed by atoms with E-state index in [1.54, 1.807) is 18.4 Å². The van der Waals surface area contributed by atoms with Crippen LogP contribution in [0.3, 0.4) is 0 Å². The lowest BCUT2D eigenvalue weighted by molar-refractivity contribution is 0.412. The van der Waals surface area contributed by atoms with E-state index in [-0.39, 0.29) is 0 Å². The average molecular weight is 323 g/mol. The van der Waals surface area contributed by atoms with Crippen molar-refractivity contribution in [3.05, 3.63) is 40.0 Å². The molecule has 3 aromatic rings. The number of imidazole rings is 1.